The van der Waals surface area contributed by atoms with E-state index >= 15 is 0 Å². The molecular weight excluding hydrogens is 366 g/mol. The zero-order valence-electron chi connectivity index (χ0n) is 16.3. The summed E-state index contributed by atoms with van der Waals surface area (Å²) in [5.41, 5.74) is 1.93. The number of benzene rings is 2. The molecule has 0 radical (unpaired) electrons. The summed E-state index contributed by atoms with van der Waals surface area (Å²) in [6.45, 7) is 5.97. The van der Waals surface area contributed by atoms with E-state index in [1.54, 1.807) is 0 Å². The molecule has 0 saturated carbocycles. The van der Waals surface area contributed by atoms with E-state index in [-0.39, 0.29) is 11.2 Å². The second-order valence-corrected chi connectivity index (χ2v) is 8.86. The minimum atomic E-state index is -0.173. The fourth-order valence-electron chi connectivity index (χ4n) is 3.68. The summed E-state index contributed by atoms with van der Waals surface area (Å²) in [6.07, 6.45) is 2.19. The van der Waals surface area contributed by atoms with Crippen molar-refractivity contribution in [3.05, 3.63) is 54.6 Å². The molecule has 1 aliphatic rings. The molecule has 5 heteroatoms. The van der Waals surface area contributed by atoms with E-state index in [9.17, 15) is 4.79 Å². The number of thioether (sulfide) groups is 1. The van der Waals surface area contributed by atoms with Gasteiger partial charge in [0, 0.05) is 29.4 Å². The maximum atomic E-state index is 12.9. The summed E-state index contributed by atoms with van der Waals surface area (Å²) in [5, 5.41) is 11.8. The van der Waals surface area contributed by atoms with Gasteiger partial charge in [-0.15, -0.1) is 10.2 Å². The highest BCUT2D eigenvalue weighted by atomic mass is 32.2. The number of amides is 1. The number of aromatic nitrogens is 2. The Morgan fingerprint density at radius 2 is 1.64 bits per heavy atom. The van der Waals surface area contributed by atoms with Gasteiger partial charge in [0.15, 0.2) is 0 Å². The van der Waals surface area contributed by atoms with Gasteiger partial charge in [0.1, 0.15) is 10.7 Å². The molecule has 1 saturated heterocycles. The number of piperidine rings is 1. The van der Waals surface area contributed by atoms with Gasteiger partial charge in [0.2, 0.25) is 5.91 Å². The van der Waals surface area contributed by atoms with Gasteiger partial charge in [-0.05, 0) is 25.7 Å². The third-order valence-corrected chi connectivity index (χ3v) is 6.51. The van der Waals surface area contributed by atoms with Crippen LogP contribution >= 0.6 is 11.8 Å². The maximum Gasteiger partial charge on any atom is 0.235 e. The van der Waals surface area contributed by atoms with Crippen molar-refractivity contribution in [2.75, 3.05) is 13.1 Å². The first-order valence-electron chi connectivity index (χ1n) is 9.90. The minimum absolute atomic E-state index is 0.173. The van der Waals surface area contributed by atoms with Crippen molar-refractivity contribution in [2.45, 2.75) is 37.0 Å². The Morgan fingerprint density at radius 1 is 1.00 bits per heavy atom. The van der Waals surface area contributed by atoms with E-state index in [2.05, 4.69) is 29.3 Å². The predicted molar refractivity (Wildman–Crippen MR) is 115 cm³/mol. The molecule has 1 amide bonds. The molecule has 4 nitrogen and oxygen atoms in total. The van der Waals surface area contributed by atoms with Gasteiger partial charge < -0.3 is 4.90 Å². The molecule has 0 N–H and O–H groups in total. The molecule has 2 heterocycles. The lowest BCUT2D eigenvalue weighted by atomic mass is 9.99. The number of hydrogen-bond donors (Lipinski definition) is 0. The lowest BCUT2D eigenvalue weighted by Gasteiger charge is -2.32. The Balaban J connectivity index is 1.60. The van der Waals surface area contributed by atoms with Crippen molar-refractivity contribution in [3.8, 4) is 11.3 Å². The molecule has 1 aromatic heterocycles. The van der Waals surface area contributed by atoms with Crippen LogP contribution in [0.1, 0.15) is 26.7 Å². The van der Waals surface area contributed by atoms with E-state index in [0.717, 1.165) is 53.0 Å². The SMILES string of the molecule is CC1CCN(C(=O)C(C)Sc2nnc(-c3ccccc3)c3ccccc23)CC1. The molecule has 2 aromatic carbocycles. The van der Waals surface area contributed by atoms with Crippen molar-refractivity contribution in [1.82, 2.24) is 15.1 Å². The topological polar surface area (TPSA) is 46.1 Å². The van der Waals surface area contributed by atoms with E-state index < -0.39 is 0 Å². The number of nitrogens with zero attached hydrogens (tertiary/aromatic N) is 3. The van der Waals surface area contributed by atoms with E-state index in [1.807, 2.05) is 54.3 Å². The third kappa shape index (κ3) is 3.90. The lowest BCUT2D eigenvalue weighted by molar-refractivity contribution is -0.131. The summed E-state index contributed by atoms with van der Waals surface area (Å²) < 4.78 is 0. The fraction of sp³-hybridized carbons (Fsp3) is 0.348. The second-order valence-electron chi connectivity index (χ2n) is 7.53. The van der Waals surface area contributed by atoms with Gasteiger partial charge >= 0.3 is 0 Å². The van der Waals surface area contributed by atoms with Crippen LogP contribution in [0.2, 0.25) is 0 Å². The van der Waals surface area contributed by atoms with Gasteiger partial charge in [-0.25, -0.2) is 0 Å². The van der Waals surface area contributed by atoms with Gasteiger partial charge in [0.05, 0.1) is 5.25 Å². The molecule has 1 aliphatic heterocycles. The van der Waals surface area contributed by atoms with Crippen LogP contribution in [-0.4, -0.2) is 39.3 Å². The molecule has 144 valence electrons. The summed E-state index contributed by atoms with van der Waals surface area (Å²) >= 11 is 1.51. The van der Waals surface area contributed by atoms with Crippen LogP contribution in [0.5, 0.6) is 0 Å². The summed E-state index contributed by atoms with van der Waals surface area (Å²) in [7, 11) is 0. The average molecular weight is 392 g/mol. The Kier molecular flexibility index (Phi) is 5.62. The zero-order chi connectivity index (χ0) is 19.5. The minimum Gasteiger partial charge on any atom is -0.342 e. The monoisotopic (exact) mass is 391 g/mol. The highest BCUT2D eigenvalue weighted by molar-refractivity contribution is 8.00. The van der Waals surface area contributed by atoms with Gasteiger partial charge in [-0.1, -0.05) is 73.3 Å². The average Bonchev–Trinajstić information content (AvgIpc) is 2.74. The Hall–Kier alpha value is -2.40. The molecule has 1 fully saturated rings. The van der Waals surface area contributed by atoms with Crippen LogP contribution in [0.15, 0.2) is 59.6 Å². The first kappa shape index (κ1) is 18.9. The Bertz CT molecular complexity index is 968. The molecule has 0 bridgehead atoms. The molecule has 0 aliphatic carbocycles. The van der Waals surface area contributed by atoms with E-state index in [0.29, 0.717) is 5.92 Å². The van der Waals surface area contributed by atoms with Crippen molar-refractivity contribution in [3.63, 3.8) is 0 Å². The van der Waals surface area contributed by atoms with E-state index in [4.69, 9.17) is 0 Å². The normalized spacial score (nSPS) is 16.3. The Labute approximate surface area is 170 Å². The number of fused-ring (bicyclic) bond motifs is 1. The van der Waals surface area contributed by atoms with Gasteiger partial charge in [-0.3, -0.25) is 4.79 Å². The first-order chi connectivity index (χ1) is 13.6. The number of rotatable bonds is 4. The van der Waals surface area contributed by atoms with Crippen LogP contribution in [0.3, 0.4) is 0 Å². The fourth-order valence-corrected chi connectivity index (χ4v) is 4.66. The molecule has 1 unspecified atom stereocenters. The number of likely N-dealkylation sites (tertiary alicyclic amines) is 1. The quantitative estimate of drug-likeness (QED) is 0.585. The predicted octanol–water partition coefficient (Wildman–Crippen LogP) is 5.04. The number of hydrogen-bond acceptors (Lipinski definition) is 4. The van der Waals surface area contributed by atoms with Crippen LogP contribution < -0.4 is 0 Å². The van der Waals surface area contributed by atoms with Crippen LogP contribution in [0.25, 0.3) is 22.0 Å². The third-order valence-electron chi connectivity index (χ3n) is 5.43. The first-order valence-corrected chi connectivity index (χ1v) is 10.8. The summed E-state index contributed by atoms with van der Waals surface area (Å²) in [6, 6.07) is 18.3. The highest BCUT2D eigenvalue weighted by Crippen LogP contribution is 2.34. The zero-order valence-corrected chi connectivity index (χ0v) is 17.2. The van der Waals surface area contributed by atoms with Gasteiger partial charge in [-0.2, -0.15) is 0 Å². The number of carbonyl (C=O) groups excluding carboxylic acids is 1. The molecule has 0 spiro atoms. The molecule has 3 aromatic rings. The summed E-state index contributed by atoms with van der Waals surface area (Å²) in [4.78, 5) is 14.9. The van der Waals surface area contributed by atoms with Crippen LogP contribution in [-0.2, 0) is 4.79 Å². The van der Waals surface area contributed by atoms with Crippen molar-refractivity contribution < 1.29 is 4.79 Å². The Morgan fingerprint density at radius 3 is 2.36 bits per heavy atom. The van der Waals surface area contributed by atoms with Crippen LogP contribution in [0, 0.1) is 5.92 Å². The number of carbonyl (C=O) groups is 1. The van der Waals surface area contributed by atoms with E-state index in [1.165, 1.54) is 11.8 Å². The van der Waals surface area contributed by atoms with Gasteiger partial charge in [0.25, 0.3) is 0 Å². The van der Waals surface area contributed by atoms with Crippen molar-refractivity contribution in [2.24, 2.45) is 5.92 Å². The van der Waals surface area contributed by atoms with Crippen molar-refractivity contribution in [1.29, 1.82) is 0 Å². The maximum absolute atomic E-state index is 12.9. The highest BCUT2D eigenvalue weighted by Gasteiger charge is 2.26. The second kappa shape index (κ2) is 8.31. The summed E-state index contributed by atoms with van der Waals surface area (Å²) in [5.74, 6) is 0.919. The van der Waals surface area contributed by atoms with Crippen molar-refractivity contribution >= 4 is 28.4 Å². The molecule has 4 rings (SSSR count). The van der Waals surface area contributed by atoms with Crippen LogP contribution in [0.4, 0.5) is 0 Å². The molecule has 28 heavy (non-hydrogen) atoms. The standard InChI is InChI=1S/C23H25N3OS/c1-16-12-14-26(15-13-16)23(27)17(2)28-22-20-11-7-6-10-19(20)21(24-25-22)18-8-4-3-5-9-18/h3-11,16-17H,12-15H2,1-2H3. The molecular formula is C23H25N3OS. The molecule has 1 atom stereocenters. The largest absolute Gasteiger partial charge is 0.342 e. The lowest BCUT2D eigenvalue weighted by Crippen LogP contribution is -2.41. The smallest absolute Gasteiger partial charge is 0.235 e.